The van der Waals surface area contributed by atoms with Crippen LogP contribution in [0.4, 0.5) is 4.79 Å². The second-order valence-corrected chi connectivity index (χ2v) is 6.14. The molecular formula is C13H25N3O11. The Hall–Kier alpha value is -1.17. The van der Waals surface area contributed by atoms with E-state index in [0.29, 0.717) is 6.42 Å². The molecule has 0 aliphatic carbocycles. The van der Waals surface area contributed by atoms with Gasteiger partial charge in [0.15, 0.2) is 6.10 Å². The van der Waals surface area contributed by atoms with Crippen molar-refractivity contribution in [2.45, 2.75) is 56.4 Å². The van der Waals surface area contributed by atoms with Gasteiger partial charge in [0.1, 0.15) is 30.5 Å². The summed E-state index contributed by atoms with van der Waals surface area (Å²) in [5.41, 5.74) is 0. The van der Waals surface area contributed by atoms with Crippen molar-refractivity contribution < 1.29 is 54.6 Å². The number of amides is 1. The SMILES string of the molecule is CC(ON(O)O)C(CCCNC(=O)O[C@@H]1CO[C@H]2[C@@H]1OC[C@H]2O)ON(O)O. The summed E-state index contributed by atoms with van der Waals surface area (Å²) in [5.74, 6) is 0. The third-order valence-corrected chi connectivity index (χ3v) is 4.19. The molecule has 14 nitrogen and oxygen atoms in total. The smallest absolute Gasteiger partial charge is 0.407 e. The molecule has 6 atom stereocenters. The lowest BCUT2D eigenvalue weighted by atomic mass is 10.1. The molecule has 2 fully saturated rings. The van der Waals surface area contributed by atoms with Gasteiger partial charge in [-0.2, -0.15) is 0 Å². The van der Waals surface area contributed by atoms with Crippen molar-refractivity contribution in [1.29, 1.82) is 0 Å². The number of hydrogen-bond donors (Lipinski definition) is 6. The predicted molar refractivity (Wildman–Crippen MR) is 79.2 cm³/mol. The van der Waals surface area contributed by atoms with E-state index in [4.69, 9.17) is 35.0 Å². The van der Waals surface area contributed by atoms with E-state index < -0.39 is 53.5 Å². The lowest BCUT2D eigenvalue weighted by molar-refractivity contribution is -0.537. The van der Waals surface area contributed by atoms with Crippen LogP contribution in [0.25, 0.3) is 0 Å². The number of alkyl carbamates (subject to hydrolysis) is 1. The summed E-state index contributed by atoms with van der Waals surface area (Å²) in [7, 11) is 0. The molecular weight excluding hydrogens is 374 g/mol. The number of carbonyl (C=O) groups excluding carboxylic acids is 1. The maximum Gasteiger partial charge on any atom is 0.407 e. The van der Waals surface area contributed by atoms with Crippen LogP contribution in [0.15, 0.2) is 0 Å². The van der Waals surface area contributed by atoms with Crippen molar-refractivity contribution in [3.63, 3.8) is 0 Å². The van der Waals surface area contributed by atoms with Gasteiger partial charge in [-0.05, 0) is 19.8 Å². The summed E-state index contributed by atoms with van der Waals surface area (Å²) in [6, 6.07) is 0. The average molecular weight is 399 g/mol. The Bertz CT molecular complexity index is 469. The fraction of sp³-hybridized carbons (Fsp3) is 0.923. The van der Waals surface area contributed by atoms with Crippen molar-refractivity contribution in [2.75, 3.05) is 19.8 Å². The molecule has 2 saturated heterocycles. The summed E-state index contributed by atoms with van der Waals surface area (Å²) in [5, 5.41) is 45.9. The minimum absolute atomic E-state index is 0.129. The van der Waals surface area contributed by atoms with Crippen LogP contribution in [0.5, 0.6) is 0 Å². The van der Waals surface area contributed by atoms with Crippen LogP contribution >= 0.6 is 0 Å². The molecule has 2 rings (SSSR count). The molecule has 0 radical (unpaired) electrons. The first kappa shape index (κ1) is 22.1. The lowest BCUT2D eigenvalue weighted by Crippen LogP contribution is -2.39. The zero-order valence-electron chi connectivity index (χ0n) is 14.6. The maximum atomic E-state index is 11.8. The fourth-order valence-corrected chi connectivity index (χ4v) is 2.93. The maximum absolute atomic E-state index is 11.8. The zero-order chi connectivity index (χ0) is 20.0. The number of nitrogens with one attached hydrogen (secondary N) is 1. The normalized spacial score (nSPS) is 29.8. The third kappa shape index (κ3) is 6.74. The topological polar surface area (TPSA) is 183 Å². The van der Waals surface area contributed by atoms with Gasteiger partial charge in [0, 0.05) is 6.54 Å². The fourth-order valence-electron chi connectivity index (χ4n) is 2.93. The van der Waals surface area contributed by atoms with Crippen molar-refractivity contribution >= 4 is 6.09 Å². The summed E-state index contributed by atoms with van der Waals surface area (Å²) in [4.78, 5) is 21.0. The number of hydrogen-bond acceptors (Lipinski definition) is 13. The van der Waals surface area contributed by atoms with Crippen molar-refractivity contribution in [3.05, 3.63) is 0 Å². The molecule has 2 aliphatic heterocycles. The summed E-state index contributed by atoms with van der Waals surface area (Å²) < 4.78 is 15.9. The van der Waals surface area contributed by atoms with E-state index in [9.17, 15) is 9.90 Å². The van der Waals surface area contributed by atoms with Crippen LogP contribution in [-0.4, -0.2) is 99.2 Å². The highest BCUT2D eigenvalue weighted by Crippen LogP contribution is 2.28. The van der Waals surface area contributed by atoms with Gasteiger partial charge in [0.05, 0.1) is 24.0 Å². The highest BCUT2D eigenvalue weighted by atomic mass is 17.1. The first-order chi connectivity index (χ1) is 12.8. The molecule has 0 aromatic carbocycles. The molecule has 27 heavy (non-hydrogen) atoms. The molecule has 0 saturated carbocycles. The molecule has 2 unspecified atom stereocenters. The van der Waals surface area contributed by atoms with Gasteiger partial charge in [-0.3, -0.25) is 20.8 Å². The Balaban J connectivity index is 1.67. The Kier molecular flexibility index (Phi) is 8.52. The van der Waals surface area contributed by atoms with E-state index in [1.165, 1.54) is 6.92 Å². The van der Waals surface area contributed by atoms with E-state index in [-0.39, 0.29) is 26.2 Å². The van der Waals surface area contributed by atoms with Gasteiger partial charge in [0.25, 0.3) is 0 Å². The number of nitrogens with zero attached hydrogens (tertiary/aromatic N) is 2. The van der Waals surface area contributed by atoms with Crippen LogP contribution in [-0.2, 0) is 23.9 Å². The summed E-state index contributed by atoms with van der Waals surface area (Å²) in [6.45, 7) is 1.83. The quantitative estimate of drug-likeness (QED) is 0.190. The van der Waals surface area contributed by atoms with Crippen molar-refractivity contribution in [2.24, 2.45) is 0 Å². The summed E-state index contributed by atoms with van der Waals surface area (Å²) >= 11 is 0. The van der Waals surface area contributed by atoms with Gasteiger partial charge in [-0.25, -0.2) is 14.5 Å². The van der Waals surface area contributed by atoms with Gasteiger partial charge in [-0.15, -0.1) is 0 Å². The molecule has 0 bridgehead atoms. The number of fused-ring (bicyclic) bond motifs is 1. The molecule has 2 aliphatic rings. The van der Waals surface area contributed by atoms with E-state index in [1.807, 2.05) is 0 Å². The first-order valence-corrected chi connectivity index (χ1v) is 8.33. The first-order valence-electron chi connectivity index (χ1n) is 8.33. The van der Waals surface area contributed by atoms with Gasteiger partial charge in [-0.1, -0.05) is 0 Å². The minimum atomic E-state index is -0.961. The molecule has 2 heterocycles. The molecule has 6 N–H and O–H groups in total. The minimum Gasteiger partial charge on any atom is -0.441 e. The molecule has 0 aromatic heterocycles. The Morgan fingerprint density at radius 3 is 2.48 bits per heavy atom. The van der Waals surface area contributed by atoms with Crippen LogP contribution in [0.3, 0.4) is 0 Å². The number of carbonyl (C=O) groups is 1. The number of aliphatic hydroxyl groups excluding tert-OH is 1. The standard InChI is InChI=1S/C13H25N3O11/c1-7(26-15(19)20)9(27-16(21)22)3-2-4-14-13(18)25-10-6-24-11-8(17)5-23-12(10)11/h7-12,17,19-22H,2-6H2,1H3,(H,14,18)/t7?,8-,9?,10-,11-,12-/m1/s1. The Morgan fingerprint density at radius 1 is 1.15 bits per heavy atom. The number of aliphatic hydroxyl groups is 1. The van der Waals surface area contributed by atoms with Crippen LogP contribution in [0.1, 0.15) is 19.8 Å². The highest BCUT2D eigenvalue weighted by molar-refractivity contribution is 5.67. The van der Waals surface area contributed by atoms with Crippen LogP contribution in [0, 0.1) is 0 Å². The van der Waals surface area contributed by atoms with Crippen LogP contribution < -0.4 is 5.32 Å². The molecule has 158 valence electrons. The van der Waals surface area contributed by atoms with E-state index in [2.05, 4.69) is 15.0 Å². The van der Waals surface area contributed by atoms with Gasteiger partial charge in [0.2, 0.25) is 0 Å². The van der Waals surface area contributed by atoms with Gasteiger partial charge < -0.3 is 24.6 Å². The molecule has 0 aromatic rings. The summed E-state index contributed by atoms with van der Waals surface area (Å²) in [6.07, 6.45) is -4.47. The zero-order valence-corrected chi connectivity index (χ0v) is 14.6. The third-order valence-electron chi connectivity index (χ3n) is 4.19. The number of ether oxygens (including phenoxy) is 3. The predicted octanol–water partition coefficient (Wildman–Crippen LogP) is -1.20. The monoisotopic (exact) mass is 399 g/mol. The largest absolute Gasteiger partial charge is 0.441 e. The molecule has 1 amide bonds. The Morgan fingerprint density at radius 2 is 1.81 bits per heavy atom. The second-order valence-electron chi connectivity index (χ2n) is 6.14. The molecule has 14 heteroatoms. The second kappa shape index (κ2) is 10.4. The van der Waals surface area contributed by atoms with Crippen molar-refractivity contribution in [3.8, 4) is 0 Å². The highest BCUT2D eigenvalue weighted by Gasteiger charge is 2.48. The molecule has 0 spiro atoms. The van der Waals surface area contributed by atoms with Crippen LogP contribution in [0.2, 0.25) is 0 Å². The average Bonchev–Trinajstić information content (AvgIpc) is 3.13. The number of rotatable bonds is 10. The van der Waals surface area contributed by atoms with E-state index >= 15 is 0 Å². The van der Waals surface area contributed by atoms with Crippen molar-refractivity contribution in [1.82, 2.24) is 16.1 Å². The van der Waals surface area contributed by atoms with Gasteiger partial charge >= 0.3 is 6.09 Å². The Labute approximate surface area is 154 Å². The van der Waals surface area contributed by atoms with E-state index in [0.717, 1.165) is 0 Å². The lowest BCUT2D eigenvalue weighted by Gasteiger charge is -2.25. The van der Waals surface area contributed by atoms with E-state index in [1.54, 1.807) is 0 Å².